The number of hydrogen-bond donors (Lipinski definition) is 2. The Kier molecular flexibility index (Phi) is 3.51. The van der Waals surface area contributed by atoms with Crippen molar-refractivity contribution in [1.82, 2.24) is 0 Å². The van der Waals surface area contributed by atoms with E-state index in [4.69, 9.17) is 0 Å². The van der Waals surface area contributed by atoms with Crippen LogP contribution in [0.25, 0.3) is 11.1 Å². The third kappa shape index (κ3) is 2.26. The maximum atomic E-state index is 13.2. The number of carbonyl (C=O) groups is 2. The average Bonchev–Trinajstić information content (AvgIpc) is 3.23. The number of nitrogens with one attached hydrogen (secondary N) is 1. The van der Waals surface area contributed by atoms with Crippen LogP contribution in [0.4, 0.5) is 5.00 Å². The molecule has 4 nitrogen and oxygen atoms in total. The Balaban J connectivity index is 1.47. The van der Waals surface area contributed by atoms with Crippen LogP contribution in [0.1, 0.15) is 42.5 Å². The Morgan fingerprint density at radius 2 is 1.77 bits per heavy atom. The molecule has 1 heterocycles. The summed E-state index contributed by atoms with van der Waals surface area (Å²) in [5, 5.41) is 15.1. The standard InChI is InChI=1S/C21H21NO3S/c23-19(24)17-16(14-4-2-1-3-5-14)11-26-18(17)22-20(25)21-9-12-6-13(10-21)8-15(21)7-12/h1-5,11-13,15H,6-10H2,(H,22,25)(H,23,24)/t12-,13?,15?,21?/m1/s1. The second-order valence-electron chi connectivity index (χ2n) is 8.18. The summed E-state index contributed by atoms with van der Waals surface area (Å²) < 4.78 is 0. The van der Waals surface area contributed by atoms with Crippen molar-refractivity contribution in [3.05, 3.63) is 41.3 Å². The number of amides is 1. The molecule has 0 radical (unpaired) electrons. The molecule has 3 unspecified atom stereocenters. The van der Waals surface area contributed by atoms with Gasteiger partial charge in [0, 0.05) is 10.9 Å². The molecule has 4 aliphatic carbocycles. The average molecular weight is 367 g/mol. The summed E-state index contributed by atoms with van der Waals surface area (Å²) in [6, 6.07) is 9.49. The molecule has 5 heteroatoms. The van der Waals surface area contributed by atoms with E-state index in [0.717, 1.165) is 18.4 Å². The molecule has 1 aromatic heterocycles. The van der Waals surface area contributed by atoms with Crippen LogP contribution in [-0.2, 0) is 4.79 Å². The fourth-order valence-corrected chi connectivity index (χ4v) is 6.84. The van der Waals surface area contributed by atoms with Crippen LogP contribution >= 0.6 is 11.3 Å². The number of rotatable bonds is 4. The number of benzene rings is 1. The molecule has 26 heavy (non-hydrogen) atoms. The molecule has 2 aromatic rings. The third-order valence-electron chi connectivity index (χ3n) is 6.76. The van der Waals surface area contributed by atoms with Crippen LogP contribution in [0.5, 0.6) is 0 Å². The van der Waals surface area contributed by atoms with Crippen molar-refractivity contribution in [3.8, 4) is 11.1 Å². The maximum absolute atomic E-state index is 13.2. The fraction of sp³-hybridized carbons (Fsp3) is 0.429. The Labute approximate surface area is 156 Å². The van der Waals surface area contributed by atoms with Gasteiger partial charge in [-0.3, -0.25) is 4.79 Å². The lowest BCUT2D eigenvalue weighted by molar-refractivity contribution is -0.127. The molecule has 0 spiro atoms. The molecule has 0 aliphatic heterocycles. The molecular formula is C21H21NO3S. The minimum atomic E-state index is -0.991. The SMILES string of the molecule is O=C(O)c1c(-c2ccccc2)csc1NC(=O)C12CC3CC1C[C@@H](C3)C2. The summed E-state index contributed by atoms with van der Waals surface area (Å²) in [7, 11) is 0. The minimum Gasteiger partial charge on any atom is -0.478 e. The number of aromatic carboxylic acids is 1. The third-order valence-corrected chi connectivity index (χ3v) is 7.65. The van der Waals surface area contributed by atoms with E-state index in [1.807, 2.05) is 35.7 Å². The monoisotopic (exact) mass is 367 g/mol. The van der Waals surface area contributed by atoms with Gasteiger partial charge in [-0.15, -0.1) is 11.3 Å². The summed E-state index contributed by atoms with van der Waals surface area (Å²) in [6.45, 7) is 0. The minimum absolute atomic E-state index is 0.0520. The highest BCUT2D eigenvalue weighted by atomic mass is 32.1. The first-order valence-electron chi connectivity index (χ1n) is 9.28. The lowest BCUT2D eigenvalue weighted by atomic mass is 9.75. The molecule has 4 bridgehead atoms. The quantitative estimate of drug-likeness (QED) is 0.809. The Morgan fingerprint density at radius 1 is 1.08 bits per heavy atom. The molecular weight excluding hydrogens is 346 g/mol. The van der Waals surface area contributed by atoms with Crippen molar-refractivity contribution < 1.29 is 14.7 Å². The second-order valence-corrected chi connectivity index (χ2v) is 9.06. The van der Waals surface area contributed by atoms with Gasteiger partial charge in [-0.05, 0) is 55.4 Å². The Bertz CT molecular complexity index is 874. The first-order valence-corrected chi connectivity index (χ1v) is 10.2. The van der Waals surface area contributed by atoms with Gasteiger partial charge in [0.1, 0.15) is 10.6 Å². The van der Waals surface area contributed by atoms with Gasteiger partial charge in [-0.25, -0.2) is 4.79 Å². The molecule has 1 aromatic carbocycles. The van der Waals surface area contributed by atoms with Gasteiger partial charge in [0.2, 0.25) is 5.91 Å². The van der Waals surface area contributed by atoms with Crippen LogP contribution in [0.3, 0.4) is 0 Å². The van der Waals surface area contributed by atoms with Crippen molar-refractivity contribution in [2.45, 2.75) is 32.1 Å². The van der Waals surface area contributed by atoms with Crippen LogP contribution in [0.2, 0.25) is 0 Å². The predicted molar refractivity (Wildman–Crippen MR) is 101 cm³/mol. The van der Waals surface area contributed by atoms with Gasteiger partial charge >= 0.3 is 5.97 Å². The summed E-state index contributed by atoms with van der Waals surface area (Å²) in [6.07, 6.45) is 5.60. The molecule has 0 saturated heterocycles. The van der Waals surface area contributed by atoms with E-state index in [-0.39, 0.29) is 16.9 Å². The largest absolute Gasteiger partial charge is 0.478 e. The molecule has 4 aliphatic rings. The summed E-state index contributed by atoms with van der Waals surface area (Å²) >= 11 is 1.32. The van der Waals surface area contributed by atoms with E-state index in [9.17, 15) is 14.7 Å². The zero-order valence-corrected chi connectivity index (χ0v) is 15.2. The second kappa shape index (κ2) is 5.68. The topological polar surface area (TPSA) is 66.4 Å². The number of carboxylic acid groups (broad SMARTS) is 1. The first kappa shape index (κ1) is 16.1. The summed E-state index contributed by atoms with van der Waals surface area (Å²) in [4.78, 5) is 25.1. The van der Waals surface area contributed by atoms with Gasteiger partial charge < -0.3 is 10.4 Å². The zero-order chi connectivity index (χ0) is 17.9. The Morgan fingerprint density at radius 3 is 2.42 bits per heavy atom. The predicted octanol–water partition coefficient (Wildman–Crippen LogP) is 4.88. The van der Waals surface area contributed by atoms with Crippen molar-refractivity contribution in [1.29, 1.82) is 0 Å². The molecule has 2 N–H and O–H groups in total. The number of carboxylic acids is 1. The van der Waals surface area contributed by atoms with Crippen LogP contribution < -0.4 is 5.32 Å². The Hall–Kier alpha value is -2.14. The van der Waals surface area contributed by atoms with Gasteiger partial charge in [-0.2, -0.15) is 0 Å². The van der Waals surface area contributed by atoms with Crippen molar-refractivity contribution >= 4 is 28.2 Å². The highest BCUT2D eigenvalue weighted by molar-refractivity contribution is 7.15. The van der Waals surface area contributed by atoms with E-state index < -0.39 is 5.97 Å². The number of thiophene rings is 1. The molecule has 4 atom stereocenters. The van der Waals surface area contributed by atoms with E-state index in [1.54, 1.807) is 0 Å². The fourth-order valence-electron chi connectivity index (χ4n) is 5.89. The smallest absolute Gasteiger partial charge is 0.339 e. The first-order chi connectivity index (χ1) is 12.6. The molecule has 4 fully saturated rings. The number of anilines is 1. The zero-order valence-electron chi connectivity index (χ0n) is 14.4. The van der Waals surface area contributed by atoms with Gasteiger partial charge in [0.05, 0.1) is 5.41 Å². The van der Waals surface area contributed by atoms with E-state index in [2.05, 4.69) is 5.32 Å². The van der Waals surface area contributed by atoms with Crippen LogP contribution in [-0.4, -0.2) is 17.0 Å². The van der Waals surface area contributed by atoms with Crippen molar-refractivity contribution in [2.75, 3.05) is 5.32 Å². The number of hydrogen-bond acceptors (Lipinski definition) is 3. The van der Waals surface area contributed by atoms with Crippen molar-refractivity contribution in [2.24, 2.45) is 23.2 Å². The molecule has 1 amide bonds. The van der Waals surface area contributed by atoms with Gasteiger partial charge in [-0.1, -0.05) is 30.3 Å². The van der Waals surface area contributed by atoms with Crippen molar-refractivity contribution in [3.63, 3.8) is 0 Å². The van der Waals surface area contributed by atoms with Gasteiger partial charge in [0.15, 0.2) is 0 Å². The summed E-state index contributed by atoms with van der Waals surface area (Å²) in [5.74, 6) is 0.945. The molecule has 4 saturated carbocycles. The lowest BCUT2D eigenvalue weighted by Gasteiger charge is -2.31. The molecule has 6 rings (SSSR count). The van der Waals surface area contributed by atoms with E-state index in [1.165, 1.54) is 30.6 Å². The maximum Gasteiger partial charge on any atom is 0.339 e. The lowest BCUT2D eigenvalue weighted by Crippen LogP contribution is -2.37. The normalized spacial score (nSPS) is 31.3. The van der Waals surface area contributed by atoms with E-state index in [0.29, 0.717) is 28.3 Å². The van der Waals surface area contributed by atoms with E-state index >= 15 is 0 Å². The summed E-state index contributed by atoms with van der Waals surface area (Å²) in [5.41, 5.74) is 1.50. The van der Waals surface area contributed by atoms with Gasteiger partial charge in [0.25, 0.3) is 0 Å². The van der Waals surface area contributed by atoms with Crippen LogP contribution in [0, 0.1) is 23.2 Å². The molecule has 134 valence electrons. The highest BCUT2D eigenvalue weighted by Crippen LogP contribution is 2.65. The van der Waals surface area contributed by atoms with Crippen LogP contribution in [0.15, 0.2) is 35.7 Å². The highest BCUT2D eigenvalue weighted by Gasteiger charge is 2.61. The number of carbonyl (C=O) groups excluding carboxylic acids is 1.